The average Bonchev–Trinajstić information content (AvgIpc) is 2.09. The molecule has 0 saturated heterocycles. The van der Waals surface area contributed by atoms with Crippen molar-refractivity contribution in [1.82, 2.24) is 0 Å². The van der Waals surface area contributed by atoms with E-state index in [4.69, 9.17) is 5.73 Å². The summed E-state index contributed by atoms with van der Waals surface area (Å²) >= 11 is 1.20. The van der Waals surface area contributed by atoms with Crippen LogP contribution >= 0.6 is 11.8 Å². The first-order valence-electron chi connectivity index (χ1n) is 4.68. The highest BCUT2D eigenvalue weighted by Gasteiger charge is 2.18. The quantitative estimate of drug-likeness (QED) is 0.783. The molecule has 0 aliphatic rings. The Hall–Kier alpha value is -0.740. The molecule has 3 N–H and O–H groups in total. The molecule has 0 fully saturated rings. The van der Waals surface area contributed by atoms with Crippen LogP contribution in [-0.2, 0) is 6.42 Å². The van der Waals surface area contributed by atoms with Crippen molar-refractivity contribution >= 4 is 11.8 Å². The third kappa shape index (κ3) is 3.11. The molecule has 0 amide bonds. The second kappa shape index (κ2) is 4.41. The summed E-state index contributed by atoms with van der Waals surface area (Å²) in [4.78, 5) is 0.289. The topological polar surface area (TPSA) is 46.2 Å². The van der Waals surface area contributed by atoms with Gasteiger partial charge in [0.1, 0.15) is 11.6 Å². The van der Waals surface area contributed by atoms with E-state index >= 15 is 0 Å². The van der Waals surface area contributed by atoms with Crippen LogP contribution in [0.4, 0.5) is 4.39 Å². The van der Waals surface area contributed by atoms with Crippen LogP contribution in [0.15, 0.2) is 17.0 Å². The molecule has 0 bridgehead atoms. The first-order chi connectivity index (χ1) is 6.85. The molecular weight excluding hydrogens is 213 g/mol. The number of hydrogen-bond donors (Lipinski definition) is 2. The maximum atomic E-state index is 13.8. The summed E-state index contributed by atoms with van der Waals surface area (Å²) in [6.45, 7) is 3.69. The standard InChI is InChI=1S/C11H16FNOS/c1-11(2,13)6-7-4-5-8(14)10(15-3)9(7)12/h4-5,14H,6,13H2,1-3H3. The van der Waals surface area contributed by atoms with Crippen LogP contribution in [0, 0.1) is 5.82 Å². The molecule has 0 spiro atoms. The Morgan fingerprint density at radius 1 is 1.47 bits per heavy atom. The molecule has 0 heterocycles. The van der Waals surface area contributed by atoms with E-state index in [1.165, 1.54) is 17.8 Å². The van der Waals surface area contributed by atoms with Gasteiger partial charge >= 0.3 is 0 Å². The van der Waals surface area contributed by atoms with Crippen molar-refractivity contribution < 1.29 is 9.50 Å². The second-order valence-corrected chi connectivity index (χ2v) is 5.07. The van der Waals surface area contributed by atoms with Crippen LogP contribution in [0.25, 0.3) is 0 Å². The van der Waals surface area contributed by atoms with E-state index in [0.29, 0.717) is 12.0 Å². The zero-order valence-electron chi connectivity index (χ0n) is 9.17. The second-order valence-electron chi connectivity index (χ2n) is 4.26. The van der Waals surface area contributed by atoms with Gasteiger partial charge in [0.05, 0.1) is 4.90 Å². The Balaban J connectivity index is 3.11. The molecule has 0 aliphatic heterocycles. The molecule has 15 heavy (non-hydrogen) atoms. The molecular formula is C11H16FNOS. The molecule has 0 atom stereocenters. The van der Waals surface area contributed by atoms with E-state index in [0.717, 1.165) is 0 Å². The summed E-state index contributed by atoms with van der Waals surface area (Å²) in [5.41, 5.74) is 5.93. The van der Waals surface area contributed by atoms with E-state index in [2.05, 4.69) is 0 Å². The maximum absolute atomic E-state index is 13.8. The SMILES string of the molecule is CSc1c(O)ccc(CC(C)(C)N)c1F. The highest BCUT2D eigenvalue weighted by molar-refractivity contribution is 7.98. The summed E-state index contributed by atoms with van der Waals surface area (Å²) in [6.07, 6.45) is 2.18. The minimum absolute atomic E-state index is 0.0152. The molecule has 0 saturated carbocycles. The van der Waals surface area contributed by atoms with E-state index in [-0.39, 0.29) is 16.5 Å². The van der Waals surface area contributed by atoms with Crippen molar-refractivity contribution in [2.24, 2.45) is 5.73 Å². The lowest BCUT2D eigenvalue weighted by Crippen LogP contribution is -2.34. The van der Waals surface area contributed by atoms with Gasteiger partial charge in [-0.1, -0.05) is 6.07 Å². The van der Waals surface area contributed by atoms with E-state index in [1.807, 2.05) is 13.8 Å². The van der Waals surface area contributed by atoms with Gasteiger partial charge in [-0.15, -0.1) is 11.8 Å². The highest BCUT2D eigenvalue weighted by Crippen LogP contribution is 2.32. The number of halogens is 1. The molecule has 84 valence electrons. The fourth-order valence-corrected chi connectivity index (χ4v) is 2.00. The molecule has 0 radical (unpaired) electrons. The van der Waals surface area contributed by atoms with E-state index < -0.39 is 5.54 Å². The van der Waals surface area contributed by atoms with Crippen molar-refractivity contribution in [3.63, 3.8) is 0 Å². The van der Waals surface area contributed by atoms with E-state index in [9.17, 15) is 9.50 Å². The number of benzene rings is 1. The van der Waals surface area contributed by atoms with Crippen molar-refractivity contribution in [1.29, 1.82) is 0 Å². The third-order valence-electron chi connectivity index (χ3n) is 2.01. The Morgan fingerprint density at radius 3 is 2.53 bits per heavy atom. The number of phenolic OH excluding ortho intramolecular Hbond substituents is 1. The van der Waals surface area contributed by atoms with Gasteiger partial charge in [0, 0.05) is 5.54 Å². The fourth-order valence-electron chi connectivity index (χ4n) is 1.41. The molecule has 0 aliphatic carbocycles. The van der Waals surface area contributed by atoms with Gasteiger partial charge in [-0.3, -0.25) is 0 Å². The largest absolute Gasteiger partial charge is 0.507 e. The smallest absolute Gasteiger partial charge is 0.143 e. The Labute approximate surface area is 93.7 Å². The Morgan fingerprint density at radius 2 is 2.07 bits per heavy atom. The first kappa shape index (κ1) is 12.3. The predicted molar refractivity (Wildman–Crippen MR) is 61.8 cm³/mol. The first-order valence-corrected chi connectivity index (χ1v) is 5.91. The Bertz CT molecular complexity index is 360. The van der Waals surface area contributed by atoms with Crippen molar-refractivity contribution in [3.8, 4) is 5.75 Å². The third-order valence-corrected chi connectivity index (χ3v) is 2.80. The predicted octanol–water partition coefficient (Wildman–Crippen LogP) is 2.53. The lowest BCUT2D eigenvalue weighted by Gasteiger charge is -2.19. The number of hydrogen-bond acceptors (Lipinski definition) is 3. The molecule has 1 aromatic rings. The lowest BCUT2D eigenvalue weighted by molar-refractivity contribution is 0.441. The fraction of sp³-hybridized carbons (Fsp3) is 0.455. The monoisotopic (exact) mass is 229 g/mol. The number of phenols is 1. The molecule has 4 heteroatoms. The van der Waals surface area contributed by atoms with Crippen LogP contribution in [0.1, 0.15) is 19.4 Å². The number of aromatic hydroxyl groups is 1. The van der Waals surface area contributed by atoms with Crippen molar-refractivity contribution in [2.45, 2.75) is 30.7 Å². The normalized spacial score (nSPS) is 11.8. The van der Waals surface area contributed by atoms with Gasteiger partial charge in [0.2, 0.25) is 0 Å². The van der Waals surface area contributed by atoms with Crippen molar-refractivity contribution in [2.75, 3.05) is 6.26 Å². The zero-order valence-corrected chi connectivity index (χ0v) is 9.99. The molecule has 1 rings (SSSR count). The maximum Gasteiger partial charge on any atom is 0.143 e. The minimum Gasteiger partial charge on any atom is -0.507 e. The lowest BCUT2D eigenvalue weighted by atomic mass is 9.96. The summed E-state index contributed by atoms with van der Waals surface area (Å²) < 4.78 is 13.8. The average molecular weight is 229 g/mol. The van der Waals surface area contributed by atoms with Gasteiger partial charge in [-0.2, -0.15) is 0 Å². The number of nitrogens with two attached hydrogens (primary N) is 1. The van der Waals surface area contributed by atoms with Crippen LogP contribution in [-0.4, -0.2) is 16.9 Å². The van der Waals surface area contributed by atoms with Crippen LogP contribution in [0.2, 0.25) is 0 Å². The van der Waals surface area contributed by atoms with Crippen LogP contribution in [0.3, 0.4) is 0 Å². The van der Waals surface area contributed by atoms with Gasteiger partial charge in [0.15, 0.2) is 0 Å². The number of thioether (sulfide) groups is 1. The van der Waals surface area contributed by atoms with Gasteiger partial charge in [-0.05, 0) is 38.2 Å². The van der Waals surface area contributed by atoms with Crippen LogP contribution in [0.5, 0.6) is 5.75 Å². The zero-order chi connectivity index (χ0) is 11.6. The summed E-state index contributed by atoms with van der Waals surface area (Å²) in [7, 11) is 0. The van der Waals surface area contributed by atoms with Crippen molar-refractivity contribution in [3.05, 3.63) is 23.5 Å². The molecule has 2 nitrogen and oxygen atoms in total. The van der Waals surface area contributed by atoms with Gasteiger partial charge < -0.3 is 10.8 Å². The molecule has 0 aromatic heterocycles. The summed E-state index contributed by atoms with van der Waals surface area (Å²) in [5, 5.41) is 9.42. The summed E-state index contributed by atoms with van der Waals surface area (Å²) in [6, 6.07) is 3.09. The molecule has 1 aromatic carbocycles. The Kier molecular flexibility index (Phi) is 3.62. The minimum atomic E-state index is -0.451. The number of rotatable bonds is 3. The van der Waals surface area contributed by atoms with Gasteiger partial charge in [0.25, 0.3) is 0 Å². The highest BCUT2D eigenvalue weighted by atomic mass is 32.2. The molecule has 0 unspecified atom stereocenters. The van der Waals surface area contributed by atoms with E-state index in [1.54, 1.807) is 12.3 Å². The van der Waals surface area contributed by atoms with Crippen LogP contribution < -0.4 is 5.73 Å². The summed E-state index contributed by atoms with van der Waals surface area (Å²) in [5.74, 6) is -0.375. The van der Waals surface area contributed by atoms with Gasteiger partial charge in [-0.25, -0.2) is 4.39 Å².